The maximum absolute atomic E-state index is 6.13. The third kappa shape index (κ3) is 4.61. The molecule has 1 aliphatic rings. The third-order valence-corrected chi connectivity index (χ3v) is 4.73. The molecule has 2 aromatic carbocycles. The van der Waals surface area contributed by atoms with Crippen LogP contribution < -0.4 is 10.6 Å². The van der Waals surface area contributed by atoms with Crippen molar-refractivity contribution in [3.8, 4) is 0 Å². The molecular weight excluding hydrogens is 331 g/mol. The summed E-state index contributed by atoms with van der Waals surface area (Å²) in [6.07, 6.45) is 2.05. The summed E-state index contributed by atoms with van der Waals surface area (Å²) in [6, 6.07) is 16.4. The average molecular weight is 351 g/mol. The molecule has 1 heterocycles. The molecule has 0 aromatic heterocycles. The van der Waals surface area contributed by atoms with Crippen LogP contribution in [0.2, 0.25) is 10.0 Å². The van der Waals surface area contributed by atoms with Gasteiger partial charge in [-0.3, -0.25) is 5.32 Å². The summed E-state index contributed by atoms with van der Waals surface area (Å²) >= 11 is 12.1. The smallest absolute Gasteiger partial charge is 0.103 e. The fourth-order valence-corrected chi connectivity index (χ4v) is 3.02. The molecule has 1 aliphatic heterocycles. The second-order valence-electron chi connectivity index (χ2n) is 5.67. The summed E-state index contributed by atoms with van der Waals surface area (Å²) in [5, 5.41) is 8.31. The van der Waals surface area contributed by atoms with Gasteiger partial charge < -0.3 is 10.1 Å². The Morgan fingerprint density at radius 3 is 2.39 bits per heavy atom. The lowest BCUT2D eigenvalue weighted by atomic mass is 10.1. The molecule has 0 aliphatic carbocycles. The van der Waals surface area contributed by atoms with Crippen LogP contribution in [0, 0.1) is 0 Å². The fourth-order valence-electron chi connectivity index (χ4n) is 2.72. The number of ether oxygens (including phenoxy) is 1. The standard InChI is InChI=1S/C18H20Cl2N2O/c19-16-7-6-15(12-17(16)20)22-18(13-4-2-1-3-5-13)21-14-8-10-23-11-9-14/h1-7,12,14,18,21-22H,8-11H2. The van der Waals surface area contributed by atoms with Crippen molar-refractivity contribution in [2.24, 2.45) is 0 Å². The summed E-state index contributed by atoms with van der Waals surface area (Å²) in [6.45, 7) is 1.62. The van der Waals surface area contributed by atoms with E-state index in [1.165, 1.54) is 5.56 Å². The van der Waals surface area contributed by atoms with Crippen LogP contribution in [-0.2, 0) is 4.74 Å². The van der Waals surface area contributed by atoms with E-state index in [1.807, 2.05) is 36.4 Å². The lowest BCUT2D eigenvalue weighted by Crippen LogP contribution is -2.40. The van der Waals surface area contributed by atoms with Gasteiger partial charge in [0.15, 0.2) is 0 Å². The first-order valence-corrected chi connectivity index (χ1v) is 8.58. The lowest BCUT2D eigenvalue weighted by molar-refractivity contribution is 0.0757. The molecule has 0 radical (unpaired) electrons. The molecule has 0 saturated carbocycles. The number of rotatable bonds is 5. The van der Waals surface area contributed by atoms with E-state index in [0.717, 1.165) is 31.7 Å². The van der Waals surface area contributed by atoms with Crippen LogP contribution in [0.15, 0.2) is 48.5 Å². The second-order valence-corrected chi connectivity index (χ2v) is 6.48. The van der Waals surface area contributed by atoms with Crippen LogP contribution in [0.4, 0.5) is 5.69 Å². The van der Waals surface area contributed by atoms with Crippen molar-refractivity contribution in [2.45, 2.75) is 25.0 Å². The van der Waals surface area contributed by atoms with E-state index in [9.17, 15) is 0 Å². The van der Waals surface area contributed by atoms with Gasteiger partial charge in [0.05, 0.1) is 10.0 Å². The summed E-state index contributed by atoms with van der Waals surface area (Å²) in [7, 11) is 0. The third-order valence-electron chi connectivity index (χ3n) is 3.99. The van der Waals surface area contributed by atoms with Gasteiger partial charge in [-0.15, -0.1) is 0 Å². The Hall–Kier alpha value is -1.26. The minimum absolute atomic E-state index is 0.0107. The highest BCUT2D eigenvalue weighted by atomic mass is 35.5. The first-order chi connectivity index (χ1) is 11.2. The molecule has 1 fully saturated rings. The Morgan fingerprint density at radius 1 is 0.957 bits per heavy atom. The minimum Gasteiger partial charge on any atom is -0.381 e. The zero-order valence-electron chi connectivity index (χ0n) is 12.8. The van der Waals surface area contributed by atoms with Crippen molar-refractivity contribution < 1.29 is 4.74 Å². The summed E-state index contributed by atoms with van der Waals surface area (Å²) in [5.74, 6) is 0. The molecule has 3 rings (SSSR count). The van der Waals surface area contributed by atoms with E-state index >= 15 is 0 Å². The summed E-state index contributed by atoms with van der Waals surface area (Å²) < 4.78 is 5.44. The molecule has 2 N–H and O–H groups in total. The number of benzene rings is 2. The Balaban J connectivity index is 1.78. The van der Waals surface area contributed by atoms with Gasteiger partial charge in [0.2, 0.25) is 0 Å². The van der Waals surface area contributed by atoms with Gasteiger partial charge in [-0.25, -0.2) is 0 Å². The van der Waals surface area contributed by atoms with Crippen molar-refractivity contribution in [3.63, 3.8) is 0 Å². The topological polar surface area (TPSA) is 33.3 Å². The minimum atomic E-state index is 0.0107. The predicted octanol–water partition coefficient (Wildman–Crippen LogP) is 4.87. The zero-order valence-corrected chi connectivity index (χ0v) is 14.3. The molecule has 0 amide bonds. The van der Waals surface area contributed by atoms with Gasteiger partial charge in [0.1, 0.15) is 6.17 Å². The molecule has 3 nitrogen and oxygen atoms in total. The quantitative estimate of drug-likeness (QED) is 0.754. The first kappa shape index (κ1) is 16.6. The molecular formula is C18H20Cl2N2O. The Morgan fingerprint density at radius 2 is 1.70 bits per heavy atom. The van der Waals surface area contributed by atoms with Crippen LogP contribution in [0.1, 0.15) is 24.6 Å². The van der Waals surface area contributed by atoms with Gasteiger partial charge in [-0.2, -0.15) is 0 Å². The molecule has 1 unspecified atom stereocenters. The van der Waals surface area contributed by atoms with Crippen molar-refractivity contribution in [1.29, 1.82) is 0 Å². The summed E-state index contributed by atoms with van der Waals surface area (Å²) in [5.41, 5.74) is 2.12. The molecule has 0 spiro atoms. The van der Waals surface area contributed by atoms with Crippen LogP contribution >= 0.6 is 23.2 Å². The van der Waals surface area contributed by atoms with Crippen molar-refractivity contribution in [3.05, 3.63) is 64.1 Å². The van der Waals surface area contributed by atoms with Crippen LogP contribution in [-0.4, -0.2) is 19.3 Å². The molecule has 1 saturated heterocycles. The maximum Gasteiger partial charge on any atom is 0.103 e. The van der Waals surface area contributed by atoms with E-state index in [0.29, 0.717) is 16.1 Å². The van der Waals surface area contributed by atoms with E-state index < -0.39 is 0 Å². The molecule has 1 atom stereocenters. The highest BCUT2D eigenvalue weighted by molar-refractivity contribution is 6.42. The number of hydrogen-bond donors (Lipinski definition) is 2. The Bertz CT molecular complexity index is 630. The van der Waals surface area contributed by atoms with Crippen LogP contribution in [0.5, 0.6) is 0 Å². The van der Waals surface area contributed by atoms with E-state index in [2.05, 4.69) is 22.8 Å². The van der Waals surface area contributed by atoms with E-state index in [1.54, 1.807) is 0 Å². The molecule has 5 heteroatoms. The number of nitrogens with one attached hydrogen (secondary N) is 2. The van der Waals surface area contributed by atoms with Gasteiger partial charge in [-0.1, -0.05) is 53.5 Å². The monoisotopic (exact) mass is 350 g/mol. The van der Waals surface area contributed by atoms with E-state index in [4.69, 9.17) is 27.9 Å². The van der Waals surface area contributed by atoms with Crippen LogP contribution in [0.3, 0.4) is 0 Å². The molecule has 2 aromatic rings. The first-order valence-electron chi connectivity index (χ1n) is 7.83. The normalized spacial score (nSPS) is 17.0. The van der Waals surface area contributed by atoms with Crippen LogP contribution in [0.25, 0.3) is 0 Å². The highest BCUT2D eigenvalue weighted by Gasteiger charge is 2.19. The van der Waals surface area contributed by atoms with Crippen molar-refractivity contribution in [2.75, 3.05) is 18.5 Å². The number of halogens is 2. The lowest BCUT2D eigenvalue weighted by Gasteiger charge is -2.30. The molecule has 0 bridgehead atoms. The molecule has 122 valence electrons. The summed E-state index contributed by atoms with van der Waals surface area (Å²) in [4.78, 5) is 0. The van der Waals surface area contributed by atoms with E-state index in [-0.39, 0.29) is 6.17 Å². The number of hydrogen-bond acceptors (Lipinski definition) is 3. The van der Waals surface area contributed by atoms with Crippen molar-refractivity contribution in [1.82, 2.24) is 5.32 Å². The molecule has 23 heavy (non-hydrogen) atoms. The fraction of sp³-hybridized carbons (Fsp3) is 0.333. The maximum atomic E-state index is 6.13. The highest BCUT2D eigenvalue weighted by Crippen LogP contribution is 2.27. The van der Waals surface area contributed by atoms with Gasteiger partial charge in [0.25, 0.3) is 0 Å². The van der Waals surface area contributed by atoms with Crippen molar-refractivity contribution >= 4 is 28.9 Å². The second kappa shape index (κ2) is 8.02. The van der Waals surface area contributed by atoms with Gasteiger partial charge in [0, 0.05) is 24.9 Å². The van der Waals surface area contributed by atoms with Gasteiger partial charge >= 0.3 is 0 Å². The van der Waals surface area contributed by atoms with Gasteiger partial charge in [-0.05, 0) is 36.6 Å². The average Bonchev–Trinajstić information content (AvgIpc) is 2.59. The Labute approximate surface area is 146 Å². The predicted molar refractivity (Wildman–Crippen MR) is 96.2 cm³/mol. The SMILES string of the molecule is Clc1ccc(NC(NC2CCOCC2)c2ccccc2)cc1Cl. The Kier molecular flexibility index (Phi) is 5.79. The largest absolute Gasteiger partial charge is 0.381 e. The zero-order chi connectivity index (χ0) is 16.1. The number of anilines is 1.